The number of hydrogen-bond acceptors (Lipinski definition) is 7. The number of aromatic nitrogens is 2. The summed E-state index contributed by atoms with van der Waals surface area (Å²) in [6.45, 7) is 0.555. The first kappa shape index (κ1) is 22.5. The molecule has 1 aliphatic heterocycles. The van der Waals surface area contributed by atoms with Gasteiger partial charge in [-0.2, -0.15) is 0 Å². The minimum absolute atomic E-state index is 0.0542. The second-order valence-corrected chi connectivity index (χ2v) is 8.34. The van der Waals surface area contributed by atoms with Gasteiger partial charge in [0.25, 0.3) is 5.69 Å². The SMILES string of the molecule is COc1cc([N+](=O)[O-])ccc1-c1ccc([C@@H]2[C@H](c3ccccn3)NC(=S)N2Cc2ccncc2)o1. The highest BCUT2D eigenvalue weighted by Gasteiger charge is 2.41. The Morgan fingerprint density at radius 1 is 1.14 bits per heavy atom. The molecule has 0 bridgehead atoms. The molecule has 0 aliphatic carbocycles. The first-order chi connectivity index (χ1) is 17.0. The number of thiocarbonyl (C=S) groups is 1. The van der Waals surface area contributed by atoms with Crippen LogP contribution in [-0.4, -0.2) is 32.0 Å². The highest BCUT2D eigenvalue weighted by atomic mass is 32.1. The number of pyridine rings is 2. The quantitative estimate of drug-likeness (QED) is 0.223. The highest BCUT2D eigenvalue weighted by Crippen LogP contribution is 2.42. The maximum absolute atomic E-state index is 11.2. The fraction of sp³-hybridized carbons (Fsp3) is 0.160. The molecule has 176 valence electrons. The number of methoxy groups -OCH3 is 1. The molecule has 3 aromatic heterocycles. The smallest absolute Gasteiger partial charge is 0.273 e. The van der Waals surface area contributed by atoms with Crippen LogP contribution in [0.3, 0.4) is 0 Å². The first-order valence-electron chi connectivity index (χ1n) is 10.8. The van der Waals surface area contributed by atoms with Crippen molar-refractivity contribution in [3.05, 3.63) is 106 Å². The zero-order valence-electron chi connectivity index (χ0n) is 18.7. The van der Waals surface area contributed by atoms with Crippen molar-refractivity contribution < 1.29 is 14.1 Å². The lowest BCUT2D eigenvalue weighted by molar-refractivity contribution is -0.384. The lowest BCUT2D eigenvalue weighted by Gasteiger charge is -2.26. The molecule has 1 N–H and O–H groups in total. The summed E-state index contributed by atoms with van der Waals surface area (Å²) in [5.41, 5.74) is 2.46. The van der Waals surface area contributed by atoms with Gasteiger partial charge in [0, 0.05) is 31.2 Å². The molecule has 35 heavy (non-hydrogen) atoms. The monoisotopic (exact) mass is 487 g/mol. The van der Waals surface area contributed by atoms with E-state index in [2.05, 4.69) is 20.2 Å². The van der Waals surface area contributed by atoms with Crippen molar-refractivity contribution >= 4 is 23.0 Å². The summed E-state index contributed by atoms with van der Waals surface area (Å²) in [5, 5.41) is 15.2. The van der Waals surface area contributed by atoms with Gasteiger partial charge < -0.3 is 19.4 Å². The molecule has 2 atom stereocenters. The molecule has 1 aromatic carbocycles. The summed E-state index contributed by atoms with van der Waals surface area (Å²) in [4.78, 5) is 21.4. The number of rotatable bonds is 7. The standard InChI is InChI=1S/C25H21N5O4S/c1-33-22-14-17(30(31)32)5-6-18(22)20-7-8-21(34-20)24-23(19-4-2-3-11-27-19)28-25(35)29(24)15-16-9-12-26-13-10-16/h2-14,23-24H,15H2,1H3,(H,28,35)/t23-,24+/m0/s1. The van der Waals surface area contributed by atoms with Gasteiger partial charge in [0.15, 0.2) is 5.11 Å². The number of nitro benzene ring substituents is 1. The molecule has 1 aliphatic rings. The van der Waals surface area contributed by atoms with Crippen LogP contribution in [-0.2, 0) is 6.54 Å². The molecule has 10 heteroatoms. The molecule has 4 aromatic rings. The fourth-order valence-electron chi connectivity index (χ4n) is 4.22. The number of non-ortho nitro benzene ring substituents is 1. The van der Waals surface area contributed by atoms with Crippen molar-refractivity contribution in [3.8, 4) is 17.1 Å². The van der Waals surface area contributed by atoms with Gasteiger partial charge >= 0.3 is 0 Å². The van der Waals surface area contributed by atoms with Gasteiger partial charge in [-0.15, -0.1) is 0 Å². The Bertz CT molecular complexity index is 1360. The lowest BCUT2D eigenvalue weighted by Crippen LogP contribution is -2.29. The average molecular weight is 488 g/mol. The number of benzene rings is 1. The van der Waals surface area contributed by atoms with Gasteiger partial charge in [0.1, 0.15) is 23.3 Å². The molecule has 9 nitrogen and oxygen atoms in total. The normalized spacial score (nSPS) is 17.3. The number of hydrogen-bond donors (Lipinski definition) is 1. The molecule has 0 radical (unpaired) electrons. The van der Waals surface area contributed by atoms with E-state index in [4.69, 9.17) is 21.4 Å². The maximum Gasteiger partial charge on any atom is 0.273 e. The lowest BCUT2D eigenvalue weighted by atomic mass is 10.0. The van der Waals surface area contributed by atoms with Crippen LogP contribution in [0.5, 0.6) is 5.75 Å². The largest absolute Gasteiger partial charge is 0.496 e. The van der Waals surface area contributed by atoms with Crippen molar-refractivity contribution in [2.75, 3.05) is 7.11 Å². The Balaban J connectivity index is 1.54. The molecule has 0 amide bonds. The van der Waals surface area contributed by atoms with Crippen LogP contribution in [0.4, 0.5) is 5.69 Å². The van der Waals surface area contributed by atoms with Crippen LogP contribution in [0.15, 0.2) is 83.7 Å². The van der Waals surface area contributed by atoms with Crippen molar-refractivity contribution in [2.24, 2.45) is 0 Å². The third kappa shape index (κ3) is 4.43. The molecule has 1 fully saturated rings. The number of nitrogens with one attached hydrogen (secondary N) is 1. The van der Waals surface area contributed by atoms with Crippen molar-refractivity contribution in [3.63, 3.8) is 0 Å². The summed E-state index contributed by atoms with van der Waals surface area (Å²) in [5.74, 6) is 1.57. The second-order valence-electron chi connectivity index (χ2n) is 7.95. The summed E-state index contributed by atoms with van der Waals surface area (Å²) in [7, 11) is 1.47. The Labute approximate surface area is 206 Å². The predicted octanol–water partition coefficient (Wildman–Crippen LogP) is 4.83. The number of nitrogens with zero attached hydrogens (tertiary/aromatic N) is 4. The molecule has 0 spiro atoms. The Hall–Kier alpha value is -4.31. The van der Waals surface area contributed by atoms with E-state index in [-0.39, 0.29) is 17.8 Å². The van der Waals surface area contributed by atoms with E-state index >= 15 is 0 Å². The van der Waals surface area contributed by atoms with E-state index in [1.54, 1.807) is 24.7 Å². The average Bonchev–Trinajstić information content (AvgIpc) is 3.49. The third-order valence-corrected chi connectivity index (χ3v) is 6.23. The van der Waals surface area contributed by atoms with Crippen LogP contribution in [0.2, 0.25) is 0 Å². The number of ether oxygens (including phenoxy) is 1. The fourth-order valence-corrected chi connectivity index (χ4v) is 4.53. The van der Waals surface area contributed by atoms with Crippen LogP contribution >= 0.6 is 12.2 Å². The van der Waals surface area contributed by atoms with Crippen LogP contribution < -0.4 is 10.1 Å². The molecular formula is C25H21N5O4S. The van der Waals surface area contributed by atoms with E-state index in [0.717, 1.165) is 11.3 Å². The van der Waals surface area contributed by atoms with Gasteiger partial charge in [-0.1, -0.05) is 6.07 Å². The topological polar surface area (TPSA) is 107 Å². The van der Waals surface area contributed by atoms with Gasteiger partial charge in [-0.05, 0) is 60.2 Å². The van der Waals surface area contributed by atoms with Crippen LogP contribution in [0.25, 0.3) is 11.3 Å². The van der Waals surface area contributed by atoms with Gasteiger partial charge in [0.05, 0.1) is 35.4 Å². The van der Waals surface area contributed by atoms with Gasteiger partial charge in [-0.25, -0.2) is 0 Å². The minimum atomic E-state index is -0.459. The van der Waals surface area contributed by atoms with E-state index < -0.39 is 4.92 Å². The van der Waals surface area contributed by atoms with Crippen LogP contribution in [0.1, 0.15) is 29.1 Å². The zero-order valence-corrected chi connectivity index (χ0v) is 19.5. The van der Waals surface area contributed by atoms with E-state index in [9.17, 15) is 10.1 Å². The minimum Gasteiger partial charge on any atom is -0.496 e. The maximum atomic E-state index is 11.2. The summed E-state index contributed by atoms with van der Waals surface area (Å²) >= 11 is 5.72. The number of furan rings is 1. The summed E-state index contributed by atoms with van der Waals surface area (Å²) in [6.07, 6.45) is 5.25. The highest BCUT2D eigenvalue weighted by molar-refractivity contribution is 7.80. The molecule has 0 saturated carbocycles. The molecule has 0 unspecified atom stereocenters. The summed E-state index contributed by atoms with van der Waals surface area (Å²) < 4.78 is 11.7. The number of nitro groups is 1. The first-order valence-corrected chi connectivity index (χ1v) is 11.3. The van der Waals surface area contributed by atoms with E-state index in [0.29, 0.717) is 34.5 Å². The van der Waals surface area contributed by atoms with E-state index in [1.165, 1.54) is 19.2 Å². The second kappa shape index (κ2) is 9.51. The van der Waals surface area contributed by atoms with Crippen LogP contribution in [0, 0.1) is 10.1 Å². The van der Waals surface area contributed by atoms with Gasteiger partial charge in [0.2, 0.25) is 0 Å². The molecule has 4 heterocycles. The summed E-state index contributed by atoms with van der Waals surface area (Å²) in [6, 6.07) is 17.3. The Kier molecular flexibility index (Phi) is 6.11. The molecular weight excluding hydrogens is 466 g/mol. The zero-order chi connectivity index (χ0) is 24.4. The Morgan fingerprint density at radius 2 is 1.97 bits per heavy atom. The van der Waals surface area contributed by atoms with Crippen molar-refractivity contribution in [1.29, 1.82) is 0 Å². The molecule has 1 saturated heterocycles. The molecule has 5 rings (SSSR count). The van der Waals surface area contributed by atoms with Crippen molar-refractivity contribution in [2.45, 2.75) is 18.6 Å². The predicted molar refractivity (Wildman–Crippen MR) is 133 cm³/mol. The Morgan fingerprint density at radius 3 is 2.69 bits per heavy atom. The van der Waals surface area contributed by atoms with Gasteiger partial charge in [-0.3, -0.25) is 20.1 Å². The van der Waals surface area contributed by atoms with E-state index in [1.807, 2.05) is 42.5 Å². The third-order valence-electron chi connectivity index (χ3n) is 5.88. The van der Waals surface area contributed by atoms with Crippen molar-refractivity contribution in [1.82, 2.24) is 20.2 Å².